The molecule has 152 valence electrons. The number of halogens is 1. The topological polar surface area (TPSA) is 40.6 Å². The molecule has 0 aliphatic carbocycles. The molecule has 29 heavy (non-hydrogen) atoms. The standard InChI is InChI=1S/C23H25FN2O2S/c1-2-17-6-8-18(9-7-17)21(27)25-12-10-23(11-13-25)26(14-15-29-23)22(28)19-4-3-5-20(24)16-19/h3-9,16H,2,10-15H2,1H3. The SMILES string of the molecule is CCc1ccc(C(=O)N2CCC3(CC2)SCCN3C(=O)c2cccc(F)c2)cc1. The third-order valence-corrected chi connectivity index (χ3v) is 7.49. The smallest absolute Gasteiger partial charge is 0.255 e. The molecule has 0 bridgehead atoms. The van der Waals surface area contributed by atoms with Gasteiger partial charge in [0.15, 0.2) is 0 Å². The van der Waals surface area contributed by atoms with Crippen LogP contribution in [0.25, 0.3) is 0 Å². The molecule has 1 spiro atoms. The molecule has 0 atom stereocenters. The highest BCUT2D eigenvalue weighted by Crippen LogP contribution is 2.44. The van der Waals surface area contributed by atoms with Gasteiger partial charge in [0.25, 0.3) is 11.8 Å². The van der Waals surface area contributed by atoms with Crippen LogP contribution < -0.4 is 0 Å². The van der Waals surface area contributed by atoms with Gasteiger partial charge in [-0.3, -0.25) is 9.59 Å². The van der Waals surface area contributed by atoms with Crippen LogP contribution in [0.4, 0.5) is 4.39 Å². The molecule has 4 rings (SSSR count). The van der Waals surface area contributed by atoms with E-state index in [2.05, 4.69) is 6.92 Å². The summed E-state index contributed by atoms with van der Waals surface area (Å²) in [5.41, 5.74) is 2.32. The Morgan fingerprint density at radius 2 is 1.72 bits per heavy atom. The summed E-state index contributed by atoms with van der Waals surface area (Å²) in [7, 11) is 0. The number of hydrogen-bond donors (Lipinski definition) is 0. The Kier molecular flexibility index (Phi) is 5.63. The number of benzene rings is 2. The quantitative estimate of drug-likeness (QED) is 0.758. The summed E-state index contributed by atoms with van der Waals surface area (Å²) >= 11 is 1.79. The third kappa shape index (κ3) is 3.90. The molecular formula is C23H25FN2O2S. The number of thioether (sulfide) groups is 1. The summed E-state index contributed by atoms with van der Waals surface area (Å²) in [5.74, 6) is 0.400. The molecule has 2 aliphatic heterocycles. The molecule has 0 radical (unpaired) electrons. The Labute approximate surface area is 175 Å². The van der Waals surface area contributed by atoms with E-state index < -0.39 is 5.82 Å². The van der Waals surface area contributed by atoms with Crippen molar-refractivity contribution in [1.82, 2.24) is 9.80 Å². The average Bonchev–Trinajstić information content (AvgIpc) is 3.16. The zero-order valence-corrected chi connectivity index (χ0v) is 17.4. The fraction of sp³-hybridized carbons (Fsp3) is 0.391. The number of rotatable bonds is 3. The Hall–Kier alpha value is -2.34. The van der Waals surface area contributed by atoms with Gasteiger partial charge >= 0.3 is 0 Å². The predicted molar refractivity (Wildman–Crippen MR) is 114 cm³/mol. The number of aryl methyl sites for hydroxylation is 1. The number of hydrogen-bond acceptors (Lipinski definition) is 3. The highest BCUT2D eigenvalue weighted by atomic mass is 32.2. The van der Waals surface area contributed by atoms with Crippen molar-refractivity contribution in [3.8, 4) is 0 Å². The lowest BCUT2D eigenvalue weighted by Gasteiger charge is -2.44. The largest absolute Gasteiger partial charge is 0.338 e. The summed E-state index contributed by atoms with van der Waals surface area (Å²) in [6.07, 6.45) is 2.42. The summed E-state index contributed by atoms with van der Waals surface area (Å²) in [6, 6.07) is 13.7. The number of piperidine rings is 1. The maximum absolute atomic E-state index is 13.6. The van der Waals surface area contributed by atoms with Crippen LogP contribution in [0.2, 0.25) is 0 Å². The van der Waals surface area contributed by atoms with Crippen LogP contribution in [0, 0.1) is 5.82 Å². The van der Waals surface area contributed by atoms with Crippen LogP contribution in [0.5, 0.6) is 0 Å². The molecule has 2 aliphatic rings. The number of likely N-dealkylation sites (tertiary alicyclic amines) is 1. The van der Waals surface area contributed by atoms with Crippen LogP contribution in [0.3, 0.4) is 0 Å². The second kappa shape index (κ2) is 8.19. The van der Waals surface area contributed by atoms with Crippen LogP contribution >= 0.6 is 11.8 Å². The molecule has 4 nitrogen and oxygen atoms in total. The highest BCUT2D eigenvalue weighted by molar-refractivity contribution is 8.00. The fourth-order valence-electron chi connectivity index (χ4n) is 4.21. The molecule has 2 aromatic rings. The minimum absolute atomic E-state index is 0.0495. The molecule has 0 unspecified atom stereocenters. The minimum Gasteiger partial charge on any atom is -0.338 e. The van der Waals surface area contributed by atoms with Gasteiger partial charge in [-0.15, -0.1) is 11.8 Å². The van der Waals surface area contributed by atoms with Crippen molar-refractivity contribution in [2.24, 2.45) is 0 Å². The van der Waals surface area contributed by atoms with Crippen LogP contribution in [-0.4, -0.2) is 51.9 Å². The van der Waals surface area contributed by atoms with E-state index in [4.69, 9.17) is 0 Å². The molecule has 2 amide bonds. The van der Waals surface area contributed by atoms with Gasteiger partial charge in [0, 0.05) is 36.5 Å². The lowest BCUT2D eigenvalue weighted by atomic mass is 9.99. The summed E-state index contributed by atoms with van der Waals surface area (Å²) in [4.78, 5) is 29.4. The minimum atomic E-state index is -0.397. The number of carbonyl (C=O) groups excluding carboxylic acids is 2. The van der Waals surface area contributed by atoms with Gasteiger partial charge in [-0.05, 0) is 55.2 Å². The van der Waals surface area contributed by atoms with E-state index in [1.54, 1.807) is 23.9 Å². The number of nitrogens with zero attached hydrogens (tertiary/aromatic N) is 2. The number of amides is 2. The third-order valence-electron chi connectivity index (χ3n) is 5.94. The summed E-state index contributed by atoms with van der Waals surface area (Å²) in [6.45, 7) is 3.99. The zero-order valence-electron chi connectivity index (χ0n) is 16.6. The zero-order chi connectivity index (χ0) is 20.4. The van der Waals surface area contributed by atoms with Crippen molar-refractivity contribution < 1.29 is 14.0 Å². The molecule has 2 heterocycles. The average molecular weight is 413 g/mol. The first-order valence-corrected chi connectivity index (χ1v) is 11.1. The Balaban J connectivity index is 1.45. The van der Waals surface area contributed by atoms with E-state index in [1.807, 2.05) is 34.1 Å². The Morgan fingerprint density at radius 1 is 1.00 bits per heavy atom. The Bertz CT molecular complexity index is 907. The van der Waals surface area contributed by atoms with Crippen molar-refractivity contribution in [3.05, 3.63) is 71.0 Å². The van der Waals surface area contributed by atoms with Crippen molar-refractivity contribution >= 4 is 23.6 Å². The van der Waals surface area contributed by atoms with Crippen LogP contribution in [0.1, 0.15) is 46.0 Å². The first kappa shape index (κ1) is 20.0. The lowest BCUT2D eigenvalue weighted by Crippen LogP contribution is -2.53. The first-order valence-electron chi connectivity index (χ1n) is 10.1. The second-order valence-electron chi connectivity index (χ2n) is 7.60. The molecule has 0 aromatic heterocycles. The molecule has 2 saturated heterocycles. The summed E-state index contributed by atoms with van der Waals surface area (Å²) < 4.78 is 13.6. The maximum atomic E-state index is 13.6. The van der Waals surface area contributed by atoms with Gasteiger partial charge in [-0.25, -0.2) is 4.39 Å². The van der Waals surface area contributed by atoms with Crippen LogP contribution in [0.15, 0.2) is 48.5 Å². The summed E-state index contributed by atoms with van der Waals surface area (Å²) in [5, 5.41) is 0. The van der Waals surface area contributed by atoms with Gasteiger partial charge in [-0.1, -0.05) is 25.1 Å². The van der Waals surface area contributed by atoms with Crippen molar-refractivity contribution in [2.45, 2.75) is 31.1 Å². The number of carbonyl (C=O) groups is 2. The molecule has 0 saturated carbocycles. The van der Waals surface area contributed by atoms with E-state index in [0.29, 0.717) is 30.8 Å². The van der Waals surface area contributed by atoms with E-state index in [1.165, 1.54) is 17.7 Å². The van der Waals surface area contributed by atoms with Gasteiger partial charge in [-0.2, -0.15) is 0 Å². The fourth-order valence-corrected chi connectivity index (χ4v) is 5.67. The first-order chi connectivity index (χ1) is 14.0. The predicted octanol–water partition coefficient (Wildman–Crippen LogP) is 4.21. The normalized spacial score (nSPS) is 18.3. The highest BCUT2D eigenvalue weighted by Gasteiger charge is 2.47. The molecule has 0 N–H and O–H groups in total. The second-order valence-corrected chi connectivity index (χ2v) is 9.06. The lowest BCUT2D eigenvalue weighted by molar-refractivity contribution is 0.0497. The maximum Gasteiger partial charge on any atom is 0.255 e. The van der Waals surface area contributed by atoms with Gasteiger partial charge in [0.1, 0.15) is 5.82 Å². The van der Waals surface area contributed by atoms with Gasteiger partial charge < -0.3 is 9.80 Å². The van der Waals surface area contributed by atoms with Gasteiger partial charge in [0.2, 0.25) is 0 Å². The molecule has 6 heteroatoms. The molecule has 2 fully saturated rings. The molecular weight excluding hydrogens is 387 g/mol. The van der Waals surface area contributed by atoms with E-state index in [9.17, 15) is 14.0 Å². The van der Waals surface area contributed by atoms with Crippen molar-refractivity contribution in [3.63, 3.8) is 0 Å². The van der Waals surface area contributed by atoms with E-state index in [-0.39, 0.29) is 16.7 Å². The van der Waals surface area contributed by atoms with E-state index >= 15 is 0 Å². The van der Waals surface area contributed by atoms with E-state index in [0.717, 1.165) is 25.0 Å². The monoisotopic (exact) mass is 412 g/mol. The Morgan fingerprint density at radius 3 is 2.38 bits per heavy atom. The van der Waals surface area contributed by atoms with Crippen LogP contribution in [-0.2, 0) is 6.42 Å². The van der Waals surface area contributed by atoms with Crippen molar-refractivity contribution in [2.75, 3.05) is 25.4 Å². The van der Waals surface area contributed by atoms with Crippen molar-refractivity contribution in [1.29, 1.82) is 0 Å². The van der Waals surface area contributed by atoms with Gasteiger partial charge in [0.05, 0.1) is 4.87 Å². The molecule has 2 aromatic carbocycles.